The predicted molar refractivity (Wildman–Crippen MR) is 78.6 cm³/mol. The molecule has 94 valence electrons. The number of aromatic hydroxyl groups is 1. The quantitative estimate of drug-likeness (QED) is 0.601. The minimum atomic E-state index is -0.0373. The van der Waals surface area contributed by atoms with E-state index >= 15 is 0 Å². The first kappa shape index (κ1) is 14.1. The van der Waals surface area contributed by atoms with Gasteiger partial charge in [0.25, 0.3) is 0 Å². The van der Waals surface area contributed by atoms with Crippen molar-refractivity contribution in [3.05, 3.63) is 49.4 Å². The molecule has 0 unspecified atom stereocenters. The van der Waals surface area contributed by atoms with Crippen LogP contribution in [0.3, 0.4) is 0 Å². The summed E-state index contributed by atoms with van der Waals surface area (Å²) in [7, 11) is 0. The van der Waals surface area contributed by atoms with Crippen molar-refractivity contribution >= 4 is 58.0 Å². The third-order valence-electron chi connectivity index (χ3n) is 2.34. The molecule has 2 aromatic rings. The van der Waals surface area contributed by atoms with Crippen LogP contribution in [0.25, 0.3) is 11.1 Å². The number of hydrogen-bond acceptors (Lipinski definition) is 1. The van der Waals surface area contributed by atoms with Crippen molar-refractivity contribution < 1.29 is 5.11 Å². The van der Waals surface area contributed by atoms with Crippen LogP contribution in [0.15, 0.2) is 24.3 Å². The van der Waals surface area contributed by atoms with Gasteiger partial charge in [-0.15, -0.1) is 0 Å². The fraction of sp³-hybridized carbons (Fsp3) is 0. The molecule has 2 rings (SSSR count). The molecular formula is C12H5Cl5O. The van der Waals surface area contributed by atoms with Gasteiger partial charge in [-0.05, 0) is 18.2 Å². The van der Waals surface area contributed by atoms with Crippen LogP contribution in [-0.2, 0) is 0 Å². The van der Waals surface area contributed by atoms with Crippen LogP contribution in [0.5, 0.6) is 5.75 Å². The fourth-order valence-electron chi connectivity index (χ4n) is 1.48. The van der Waals surface area contributed by atoms with E-state index in [0.29, 0.717) is 31.2 Å². The Kier molecular flexibility index (Phi) is 4.20. The summed E-state index contributed by atoms with van der Waals surface area (Å²) >= 11 is 29.6. The molecule has 0 atom stereocenters. The molecule has 0 bridgehead atoms. The molecule has 0 saturated carbocycles. The molecule has 0 aliphatic rings. The molecule has 6 heteroatoms. The van der Waals surface area contributed by atoms with E-state index in [1.165, 1.54) is 18.2 Å². The second-order valence-electron chi connectivity index (χ2n) is 3.53. The molecule has 0 amide bonds. The second kappa shape index (κ2) is 5.36. The maximum atomic E-state index is 9.88. The van der Waals surface area contributed by atoms with E-state index < -0.39 is 0 Å². The molecule has 0 spiro atoms. The van der Waals surface area contributed by atoms with Crippen molar-refractivity contribution in [2.24, 2.45) is 0 Å². The number of phenolic OH excluding ortho intramolecular Hbond substituents is 1. The Morgan fingerprint density at radius 2 is 1.00 bits per heavy atom. The van der Waals surface area contributed by atoms with Crippen LogP contribution in [-0.4, -0.2) is 5.11 Å². The van der Waals surface area contributed by atoms with E-state index in [1.54, 1.807) is 6.07 Å². The van der Waals surface area contributed by atoms with Crippen LogP contribution >= 0.6 is 58.0 Å². The number of rotatable bonds is 1. The predicted octanol–water partition coefficient (Wildman–Crippen LogP) is 6.33. The van der Waals surface area contributed by atoms with Gasteiger partial charge < -0.3 is 5.11 Å². The molecule has 1 N–H and O–H groups in total. The zero-order chi connectivity index (χ0) is 13.4. The van der Waals surface area contributed by atoms with Crippen molar-refractivity contribution in [1.82, 2.24) is 0 Å². The largest absolute Gasteiger partial charge is 0.507 e. The maximum absolute atomic E-state index is 9.88. The SMILES string of the molecule is Oc1cc(Cl)c(Cl)cc1-c1cc(Cl)c(Cl)cc1Cl. The highest BCUT2D eigenvalue weighted by Gasteiger charge is 2.14. The smallest absolute Gasteiger partial charge is 0.125 e. The molecule has 0 aromatic heterocycles. The van der Waals surface area contributed by atoms with E-state index in [-0.39, 0.29) is 10.8 Å². The average molecular weight is 342 g/mol. The van der Waals surface area contributed by atoms with Gasteiger partial charge in [0.15, 0.2) is 0 Å². The highest BCUT2D eigenvalue weighted by Crippen LogP contribution is 2.41. The minimum absolute atomic E-state index is 0.0373. The van der Waals surface area contributed by atoms with Crippen LogP contribution in [0.4, 0.5) is 0 Å². The first-order valence-corrected chi connectivity index (χ1v) is 6.62. The molecule has 0 saturated heterocycles. The maximum Gasteiger partial charge on any atom is 0.125 e. The lowest BCUT2D eigenvalue weighted by molar-refractivity contribution is 0.477. The van der Waals surface area contributed by atoms with Crippen molar-refractivity contribution in [3.8, 4) is 16.9 Å². The molecular weight excluding hydrogens is 337 g/mol. The van der Waals surface area contributed by atoms with E-state index in [4.69, 9.17) is 58.0 Å². The Labute approximate surface area is 129 Å². The minimum Gasteiger partial charge on any atom is -0.507 e. The van der Waals surface area contributed by atoms with Gasteiger partial charge in [-0.1, -0.05) is 58.0 Å². The van der Waals surface area contributed by atoms with Gasteiger partial charge >= 0.3 is 0 Å². The van der Waals surface area contributed by atoms with Crippen molar-refractivity contribution in [2.75, 3.05) is 0 Å². The van der Waals surface area contributed by atoms with E-state index in [9.17, 15) is 5.11 Å². The second-order valence-corrected chi connectivity index (χ2v) is 5.57. The molecule has 0 aliphatic carbocycles. The van der Waals surface area contributed by atoms with Gasteiger partial charge in [-0.2, -0.15) is 0 Å². The number of benzene rings is 2. The van der Waals surface area contributed by atoms with Gasteiger partial charge in [0.1, 0.15) is 5.75 Å². The lowest BCUT2D eigenvalue weighted by Gasteiger charge is -2.10. The Morgan fingerprint density at radius 1 is 0.556 bits per heavy atom. The lowest BCUT2D eigenvalue weighted by atomic mass is 10.0. The molecule has 1 nitrogen and oxygen atoms in total. The first-order chi connectivity index (χ1) is 8.40. The first-order valence-electron chi connectivity index (χ1n) is 4.73. The Bertz CT molecular complexity index is 569. The van der Waals surface area contributed by atoms with Crippen molar-refractivity contribution in [2.45, 2.75) is 0 Å². The standard InChI is InChI=1S/C12H5Cl5O/c13-7-3-10(16)8(14)1-5(7)6-2-9(15)11(17)4-12(6)18/h1-4,18H. The number of halogens is 5. The Balaban J connectivity index is 2.69. The molecule has 0 fully saturated rings. The van der Waals surface area contributed by atoms with Crippen molar-refractivity contribution in [3.63, 3.8) is 0 Å². The zero-order valence-corrected chi connectivity index (χ0v) is 12.4. The lowest BCUT2D eigenvalue weighted by Crippen LogP contribution is -1.84. The number of phenols is 1. The van der Waals surface area contributed by atoms with Crippen molar-refractivity contribution in [1.29, 1.82) is 0 Å². The third-order valence-corrected chi connectivity index (χ3v) is 4.10. The normalized spacial score (nSPS) is 10.7. The van der Waals surface area contributed by atoms with E-state index in [2.05, 4.69) is 0 Å². The van der Waals surface area contributed by atoms with Gasteiger partial charge in [-0.25, -0.2) is 0 Å². The molecule has 0 aliphatic heterocycles. The van der Waals surface area contributed by atoms with Crippen LogP contribution in [0, 0.1) is 0 Å². The van der Waals surface area contributed by atoms with Crippen LogP contribution in [0.2, 0.25) is 25.1 Å². The van der Waals surface area contributed by atoms with Crippen LogP contribution < -0.4 is 0 Å². The Hall–Kier alpha value is -0.310. The van der Waals surface area contributed by atoms with Gasteiger partial charge in [0.2, 0.25) is 0 Å². The number of hydrogen-bond donors (Lipinski definition) is 1. The summed E-state index contributed by atoms with van der Waals surface area (Å²) in [5, 5.41) is 11.5. The zero-order valence-electron chi connectivity index (χ0n) is 8.65. The molecule has 0 radical (unpaired) electrons. The summed E-state index contributed by atoms with van der Waals surface area (Å²) in [6.45, 7) is 0. The van der Waals surface area contributed by atoms with Gasteiger partial charge in [-0.3, -0.25) is 0 Å². The summed E-state index contributed by atoms with van der Waals surface area (Å²) in [5.41, 5.74) is 0.968. The Morgan fingerprint density at radius 3 is 1.61 bits per heavy atom. The summed E-state index contributed by atoms with van der Waals surface area (Å²) in [4.78, 5) is 0. The summed E-state index contributed by atoms with van der Waals surface area (Å²) in [6, 6.07) is 5.93. The monoisotopic (exact) mass is 340 g/mol. The summed E-state index contributed by atoms with van der Waals surface area (Å²) in [5.74, 6) is -0.0373. The average Bonchev–Trinajstić information content (AvgIpc) is 2.29. The topological polar surface area (TPSA) is 20.2 Å². The highest BCUT2D eigenvalue weighted by molar-refractivity contribution is 6.44. The summed E-state index contributed by atoms with van der Waals surface area (Å²) in [6.07, 6.45) is 0. The highest BCUT2D eigenvalue weighted by atomic mass is 35.5. The molecule has 2 aromatic carbocycles. The molecule has 0 heterocycles. The van der Waals surface area contributed by atoms with Gasteiger partial charge in [0, 0.05) is 17.2 Å². The van der Waals surface area contributed by atoms with E-state index in [1.807, 2.05) is 0 Å². The third kappa shape index (κ3) is 2.66. The fourth-order valence-corrected chi connectivity index (χ4v) is 2.45. The summed E-state index contributed by atoms with van der Waals surface area (Å²) < 4.78 is 0. The molecule has 18 heavy (non-hydrogen) atoms. The van der Waals surface area contributed by atoms with Crippen LogP contribution in [0.1, 0.15) is 0 Å². The van der Waals surface area contributed by atoms with E-state index in [0.717, 1.165) is 0 Å². The van der Waals surface area contributed by atoms with Gasteiger partial charge in [0.05, 0.1) is 25.1 Å².